The van der Waals surface area contributed by atoms with Crippen LogP contribution < -0.4 is 0 Å². The zero-order chi connectivity index (χ0) is 13.9. The molecule has 1 rings (SSSR count). The first-order valence-electron chi connectivity index (χ1n) is 5.98. The van der Waals surface area contributed by atoms with E-state index in [0.29, 0.717) is 5.04 Å². The van der Waals surface area contributed by atoms with Crippen molar-refractivity contribution in [1.29, 1.82) is 5.41 Å². The largest absolute Gasteiger partial charge is 0.394 e. The molecular weight excluding hydrogens is 258 g/mol. The normalized spacial score (nSPS) is 38.4. The van der Waals surface area contributed by atoms with Gasteiger partial charge >= 0.3 is 0 Å². The van der Waals surface area contributed by atoms with Gasteiger partial charge in [-0.05, 0) is 6.42 Å². The Morgan fingerprint density at radius 1 is 1.28 bits per heavy atom. The van der Waals surface area contributed by atoms with Crippen LogP contribution in [0.1, 0.15) is 20.3 Å². The van der Waals surface area contributed by atoms with Gasteiger partial charge in [-0.2, -0.15) is 0 Å². The minimum Gasteiger partial charge on any atom is -0.394 e. The molecule has 0 aromatic carbocycles. The van der Waals surface area contributed by atoms with Gasteiger partial charge in [0, 0.05) is 5.92 Å². The van der Waals surface area contributed by atoms with Crippen LogP contribution in [0.2, 0.25) is 0 Å². The Kier molecular flexibility index (Phi) is 6.03. The van der Waals surface area contributed by atoms with Crippen molar-refractivity contribution in [1.82, 2.24) is 0 Å². The summed E-state index contributed by atoms with van der Waals surface area (Å²) in [5.41, 5.74) is -0.845. The minimum atomic E-state index is -1.38. The molecule has 7 heteroatoms. The first kappa shape index (κ1) is 15.9. The number of rotatable bonds is 4. The molecule has 1 saturated heterocycles. The minimum absolute atomic E-state index is 0.0439. The van der Waals surface area contributed by atoms with Crippen LogP contribution >= 0.6 is 11.8 Å². The highest BCUT2D eigenvalue weighted by atomic mass is 32.2. The smallest absolute Gasteiger partial charge is 0.137 e. The average Bonchev–Trinajstić information content (AvgIpc) is 2.38. The van der Waals surface area contributed by atoms with Crippen molar-refractivity contribution >= 4 is 16.8 Å². The summed E-state index contributed by atoms with van der Waals surface area (Å²) in [6, 6.07) is 0. The van der Waals surface area contributed by atoms with Gasteiger partial charge in [-0.3, -0.25) is 5.41 Å². The quantitative estimate of drug-likeness (QED) is 0.351. The van der Waals surface area contributed by atoms with Crippen LogP contribution in [0, 0.1) is 11.3 Å². The van der Waals surface area contributed by atoms with Crippen molar-refractivity contribution in [3.63, 3.8) is 0 Å². The van der Waals surface area contributed by atoms with Gasteiger partial charge in [0.1, 0.15) is 29.9 Å². The molecule has 1 aliphatic heterocycles. The lowest BCUT2D eigenvalue weighted by Gasteiger charge is -2.39. The second-order valence-corrected chi connectivity index (χ2v) is 5.63. The Morgan fingerprint density at radius 3 is 2.39 bits per heavy atom. The lowest BCUT2D eigenvalue weighted by atomic mass is 10.0. The fourth-order valence-corrected chi connectivity index (χ4v) is 2.74. The van der Waals surface area contributed by atoms with E-state index in [2.05, 4.69) is 0 Å². The van der Waals surface area contributed by atoms with Crippen LogP contribution in [0.5, 0.6) is 0 Å². The molecule has 0 radical (unpaired) electrons. The molecule has 0 aliphatic carbocycles. The highest BCUT2D eigenvalue weighted by Gasteiger charge is 2.44. The van der Waals surface area contributed by atoms with Crippen LogP contribution in [0.25, 0.3) is 0 Å². The third-order valence-electron chi connectivity index (χ3n) is 3.15. The highest BCUT2D eigenvalue weighted by molar-refractivity contribution is 8.14. The predicted octanol–water partition coefficient (Wildman–Crippen LogP) is -0.457. The fourth-order valence-electron chi connectivity index (χ4n) is 1.59. The summed E-state index contributed by atoms with van der Waals surface area (Å²) < 4.78 is 5.31. The van der Waals surface area contributed by atoms with Crippen molar-refractivity contribution in [2.75, 3.05) is 6.61 Å². The lowest BCUT2D eigenvalue weighted by Crippen LogP contribution is -2.57. The van der Waals surface area contributed by atoms with Crippen LogP contribution in [0.3, 0.4) is 0 Å². The van der Waals surface area contributed by atoms with Crippen LogP contribution in [0.4, 0.5) is 0 Å². The Bertz CT molecular complexity index is 289. The molecule has 1 fully saturated rings. The maximum Gasteiger partial charge on any atom is 0.137 e. The Balaban J connectivity index is 2.67. The van der Waals surface area contributed by atoms with Gasteiger partial charge in [-0.25, -0.2) is 0 Å². The summed E-state index contributed by atoms with van der Waals surface area (Å²) in [6.07, 6.45) is -4.12. The van der Waals surface area contributed by atoms with E-state index in [1.54, 1.807) is 0 Å². The number of ether oxygens (including phenoxy) is 1. The molecule has 0 bridgehead atoms. The SMILES string of the molecule is CCC(C)C(=N)SC1OC(CO)C(O)C(O)C1O. The zero-order valence-electron chi connectivity index (χ0n) is 10.5. The van der Waals surface area contributed by atoms with Crippen LogP contribution in [0.15, 0.2) is 0 Å². The maximum atomic E-state index is 9.79. The summed E-state index contributed by atoms with van der Waals surface area (Å²) in [5.74, 6) is 0.0439. The van der Waals surface area contributed by atoms with Crippen LogP contribution in [-0.4, -0.2) is 61.9 Å². The zero-order valence-corrected chi connectivity index (χ0v) is 11.3. The molecule has 106 valence electrons. The van der Waals surface area contributed by atoms with Crippen molar-refractivity contribution < 1.29 is 25.2 Å². The molecule has 0 saturated carbocycles. The third-order valence-corrected chi connectivity index (χ3v) is 4.43. The molecular formula is C11H21NO5S. The van der Waals surface area contributed by atoms with Gasteiger partial charge in [-0.15, -0.1) is 0 Å². The van der Waals surface area contributed by atoms with E-state index in [-0.39, 0.29) is 5.92 Å². The van der Waals surface area contributed by atoms with Gasteiger partial charge in [0.05, 0.1) is 11.7 Å². The van der Waals surface area contributed by atoms with Gasteiger partial charge < -0.3 is 25.2 Å². The molecule has 6 nitrogen and oxygen atoms in total. The molecule has 6 atom stereocenters. The number of aliphatic hydroxyl groups excluding tert-OH is 4. The molecule has 0 amide bonds. The summed E-state index contributed by atoms with van der Waals surface area (Å²) in [4.78, 5) is 0. The second-order valence-electron chi connectivity index (χ2n) is 4.49. The van der Waals surface area contributed by atoms with Gasteiger partial charge in [0.25, 0.3) is 0 Å². The molecule has 18 heavy (non-hydrogen) atoms. The molecule has 1 heterocycles. The molecule has 0 aromatic heterocycles. The van der Waals surface area contributed by atoms with E-state index in [4.69, 9.17) is 15.3 Å². The predicted molar refractivity (Wildman–Crippen MR) is 68.5 cm³/mol. The van der Waals surface area contributed by atoms with Crippen molar-refractivity contribution in [3.8, 4) is 0 Å². The van der Waals surface area contributed by atoms with Gasteiger partial charge in [0.15, 0.2) is 0 Å². The van der Waals surface area contributed by atoms with E-state index in [1.165, 1.54) is 0 Å². The number of thioether (sulfide) groups is 1. The van der Waals surface area contributed by atoms with Gasteiger partial charge in [0.2, 0.25) is 0 Å². The summed E-state index contributed by atoms with van der Waals surface area (Å²) >= 11 is 1.02. The molecule has 6 unspecified atom stereocenters. The van der Waals surface area contributed by atoms with E-state index >= 15 is 0 Å². The average molecular weight is 279 g/mol. The van der Waals surface area contributed by atoms with Gasteiger partial charge in [-0.1, -0.05) is 25.6 Å². The second kappa shape index (κ2) is 6.83. The summed E-state index contributed by atoms with van der Waals surface area (Å²) in [6.45, 7) is 3.39. The fraction of sp³-hybridized carbons (Fsp3) is 0.909. The molecule has 5 N–H and O–H groups in total. The number of hydrogen-bond acceptors (Lipinski definition) is 7. The Morgan fingerprint density at radius 2 is 1.89 bits per heavy atom. The Labute approximate surface area is 110 Å². The Hall–Kier alpha value is -0.180. The standard InChI is InChI=1S/C11H21NO5S/c1-3-5(2)10(12)18-11-9(16)8(15)7(14)6(4-13)17-11/h5-9,11-16H,3-4H2,1-2H3. The first-order valence-corrected chi connectivity index (χ1v) is 6.85. The molecule has 0 aromatic rings. The lowest BCUT2D eigenvalue weighted by molar-refractivity contribution is -0.205. The van der Waals surface area contributed by atoms with E-state index in [0.717, 1.165) is 18.2 Å². The summed E-state index contributed by atoms with van der Waals surface area (Å²) in [5, 5.41) is 46.2. The van der Waals surface area contributed by atoms with Crippen LogP contribution in [-0.2, 0) is 4.74 Å². The highest BCUT2D eigenvalue weighted by Crippen LogP contribution is 2.30. The topological polar surface area (TPSA) is 114 Å². The molecule has 1 aliphatic rings. The molecule has 0 spiro atoms. The maximum absolute atomic E-state index is 9.79. The van der Waals surface area contributed by atoms with Crippen molar-refractivity contribution in [3.05, 3.63) is 0 Å². The first-order chi connectivity index (χ1) is 8.42. The number of aliphatic hydroxyl groups is 4. The number of nitrogens with one attached hydrogen (secondary N) is 1. The monoisotopic (exact) mass is 279 g/mol. The van der Waals surface area contributed by atoms with E-state index in [9.17, 15) is 15.3 Å². The van der Waals surface area contributed by atoms with E-state index < -0.39 is 36.5 Å². The van der Waals surface area contributed by atoms with Crippen molar-refractivity contribution in [2.24, 2.45) is 5.92 Å². The number of hydrogen-bond donors (Lipinski definition) is 5. The third kappa shape index (κ3) is 3.43. The van der Waals surface area contributed by atoms with E-state index in [1.807, 2.05) is 13.8 Å². The van der Waals surface area contributed by atoms with Crippen molar-refractivity contribution in [2.45, 2.75) is 50.1 Å². The summed E-state index contributed by atoms with van der Waals surface area (Å²) in [7, 11) is 0.